The number of nitrogens with one attached hydrogen (secondary N) is 1. The van der Waals surface area contributed by atoms with E-state index in [-0.39, 0.29) is 5.91 Å². The Labute approximate surface area is 171 Å². The number of fused-ring (bicyclic) bond motifs is 1. The van der Waals surface area contributed by atoms with Gasteiger partial charge in [-0.1, -0.05) is 18.2 Å². The number of nitrogens with zero attached hydrogens (tertiary/aromatic N) is 1. The molecule has 6 heteroatoms. The van der Waals surface area contributed by atoms with Gasteiger partial charge in [0.05, 0.1) is 5.56 Å². The molecule has 140 valence electrons. The van der Waals surface area contributed by atoms with Gasteiger partial charge in [-0.05, 0) is 54.6 Å². The molecule has 1 N–H and O–H groups in total. The summed E-state index contributed by atoms with van der Waals surface area (Å²) in [5.41, 5.74) is 2.97. The summed E-state index contributed by atoms with van der Waals surface area (Å²) in [6.07, 6.45) is 2.30. The number of hydrogen-bond acceptors (Lipinski definition) is 5. The maximum atomic E-state index is 12.9. The molecule has 0 spiro atoms. The third-order valence-corrected chi connectivity index (χ3v) is 6.85. The number of amides is 1. The summed E-state index contributed by atoms with van der Waals surface area (Å²) in [6, 6.07) is 17.5. The zero-order valence-electron chi connectivity index (χ0n) is 15.1. The number of oxazole rings is 1. The van der Waals surface area contributed by atoms with Crippen LogP contribution in [-0.2, 0) is 5.75 Å². The lowest BCUT2D eigenvalue weighted by atomic mass is 10.2. The van der Waals surface area contributed by atoms with E-state index in [2.05, 4.69) is 21.7 Å². The first-order valence-corrected chi connectivity index (χ1v) is 11.1. The maximum absolute atomic E-state index is 12.9. The van der Waals surface area contributed by atoms with Crippen LogP contribution in [-0.4, -0.2) is 10.9 Å². The summed E-state index contributed by atoms with van der Waals surface area (Å²) in [4.78, 5) is 19.7. The average molecular weight is 407 g/mol. The highest BCUT2D eigenvalue weighted by atomic mass is 32.2. The summed E-state index contributed by atoms with van der Waals surface area (Å²) >= 11 is 3.41. The second-order valence-corrected chi connectivity index (χ2v) is 8.88. The van der Waals surface area contributed by atoms with Crippen LogP contribution in [0.1, 0.15) is 39.9 Å². The third kappa shape index (κ3) is 3.70. The topological polar surface area (TPSA) is 55.1 Å². The number of thiophene rings is 1. The molecule has 4 aromatic rings. The minimum absolute atomic E-state index is 0.112. The molecular weight excluding hydrogens is 388 g/mol. The molecule has 0 bridgehead atoms. The Balaban J connectivity index is 1.34. The molecule has 2 aromatic heterocycles. The fourth-order valence-corrected chi connectivity index (χ4v) is 4.87. The van der Waals surface area contributed by atoms with Crippen molar-refractivity contribution in [3.05, 3.63) is 76.3 Å². The lowest BCUT2D eigenvalue weighted by molar-refractivity contribution is 0.102. The van der Waals surface area contributed by atoms with Crippen molar-refractivity contribution in [2.75, 3.05) is 5.32 Å². The van der Waals surface area contributed by atoms with E-state index in [0.717, 1.165) is 46.2 Å². The highest BCUT2D eigenvalue weighted by molar-refractivity contribution is 7.98. The van der Waals surface area contributed by atoms with Gasteiger partial charge in [-0.15, -0.1) is 23.1 Å². The van der Waals surface area contributed by atoms with E-state index in [4.69, 9.17) is 4.42 Å². The molecule has 0 atom stereocenters. The van der Waals surface area contributed by atoms with E-state index in [1.54, 1.807) is 23.1 Å². The summed E-state index contributed by atoms with van der Waals surface area (Å²) in [7, 11) is 0. The maximum Gasteiger partial charge on any atom is 0.256 e. The van der Waals surface area contributed by atoms with Crippen molar-refractivity contribution in [1.29, 1.82) is 0 Å². The van der Waals surface area contributed by atoms with E-state index >= 15 is 0 Å². The Kier molecular flexibility index (Phi) is 4.66. The Morgan fingerprint density at radius 2 is 2.07 bits per heavy atom. The SMILES string of the molecule is O=C(Nc1ccc2oc(C3CC3)nc2c1)c1ccccc1SCc1cccs1. The molecular formula is C22H18N2O2S2. The Morgan fingerprint density at radius 1 is 1.18 bits per heavy atom. The molecule has 0 unspecified atom stereocenters. The van der Waals surface area contributed by atoms with E-state index in [1.165, 1.54) is 4.88 Å². The zero-order valence-corrected chi connectivity index (χ0v) is 16.7. The first-order valence-electron chi connectivity index (χ1n) is 9.22. The van der Waals surface area contributed by atoms with E-state index in [9.17, 15) is 4.79 Å². The van der Waals surface area contributed by atoms with Crippen molar-refractivity contribution >= 4 is 45.8 Å². The molecule has 2 heterocycles. The number of anilines is 1. The van der Waals surface area contributed by atoms with Crippen LogP contribution in [0.15, 0.2) is 69.3 Å². The van der Waals surface area contributed by atoms with Gasteiger partial charge in [0, 0.05) is 27.1 Å². The van der Waals surface area contributed by atoms with Crippen molar-refractivity contribution in [2.24, 2.45) is 0 Å². The average Bonchev–Trinajstić information content (AvgIpc) is 3.26. The number of rotatable bonds is 6. The molecule has 0 saturated heterocycles. The summed E-state index contributed by atoms with van der Waals surface area (Å²) in [5.74, 6) is 2.03. The summed E-state index contributed by atoms with van der Waals surface area (Å²) in [6.45, 7) is 0. The quantitative estimate of drug-likeness (QED) is 0.381. The number of hydrogen-bond donors (Lipinski definition) is 1. The third-order valence-electron chi connectivity index (χ3n) is 4.67. The van der Waals surface area contributed by atoms with Gasteiger partial charge in [0.15, 0.2) is 11.5 Å². The van der Waals surface area contributed by atoms with E-state index in [1.807, 2.05) is 48.5 Å². The highest BCUT2D eigenvalue weighted by Crippen LogP contribution is 2.40. The van der Waals surface area contributed by atoms with Crippen LogP contribution in [0.5, 0.6) is 0 Å². The van der Waals surface area contributed by atoms with Crippen molar-refractivity contribution < 1.29 is 9.21 Å². The lowest BCUT2D eigenvalue weighted by Gasteiger charge is -2.09. The molecule has 1 amide bonds. The fourth-order valence-electron chi connectivity index (χ4n) is 3.05. The predicted molar refractivity (Wildman–Crippen MR) is 114 cm³/mol. The molecule has 0 radical (unpaired) electrons. The minimum atomic E-state index is -0.112. The lowest BCUT2D eigenvalue weighted by Crippen LogP contribution is -2.12. The van der Waals surface area contributed by atoms with Crippen molar-refractivity contribution in [3.63, 3.8) is 0 Å². The molecule has 1 aliphatic carbocycles. The Hall–Kier alpha value is -2.57. The Morgan fingerprint density at radius 3 is 2.89 bits per heavy atom. The molecule has 2 aromatic carbocycles. The molecule has 28 heavy (non-hydrogen) atoms. The van der Waals surface area contributed by atoms with Gasteiger partial charge in [-0.25, -0.2) is 4.98 Å². The van der Waals surface area contributed by atoms with Crippen LogP contribution in [0.2, 0.25) is 0 Å². The fraction of sp³-hybridized carbons (Fsp3) is 0.182. The van der Waals surface area contributed by atoms with Gasteiger partial charge in [-0.2, -0.15) is 0 Å². The standard InChI is InChI=1S/C22H18N2O2S2/c25-21(17-5-1-2-6-20(17)28-13-16-4-3-11-27-16)23-15-9-10-19-18(12-15)24-22(26-19)14-7-8-14/h1-6,9-12,14H,7-8,13H2,(H,23,25). The second kappa shape index (κ2) is 7.45. The van der Waals surface area contributed by atoms with Crippen LogP contribution in [0.25, 0.3) is 11.1 Å². The highest BCUT2D eigenvalue weighted by Gasteiger charge is 2.28. The molecule has 1 saturated carbocycles. The minimum Gasteiger partial charge on any atom is -0.440 e. The number of carbonyl (C=O) groups is 1. The predicted octanol–water partition coefficient (Wildman–Crippen LogP) is 6.31. The summed E-state index contributed by atoms with van der Waals surface area (Å²) in [5, 5.41) is 5.08. The van der Waals surface area contributed by atoms with E-state index in [0.29, 0.717) is 11.5 Å². The van der Waals surface area contributed by atoms with E-state index < -0.39 is 0 Å². The first-order chi connectivity index (χ1) is 13.8. The van der Waals surface area contributed by atoms with Gasteiger partial charge in [0.2, 0.25) is 0 Å². The molecule has 5 rings (SSSR count). The largest absolute Gasteiger partial charge is 0.440 e. The van der Waals surface area contributed by atoms with Gasteiger partial charge in [-0.3, -0.25) is 4.79 Å². The normalized spacial score (nSPS) is 13.7. The molecule has 1 fully saturated rings. The second-order valence-electron chi connectivity index (χ2n) is 6.83. The van der Waals surface area contributed by atoms with Crippen LogP contribution >= 0.6 is 23.1 Å². The zero-order chi connectivity index (χ0) is 18.9. The van der Waals surface area contributed by atoms with Gasteiger partial charge < -0.3 is 9.73 Å². The van der Waals surface area contributed by atoms with Crippen molar-refractivity contribution in [3.8, 4) is 0 Å². The van der Waals surface area contributed by atoms with Gasteiger partial charge >= 0.3 is 0 Å². The van der Waals surface area contributed by atoms with Gasteiger partial charge in [0.25, 0.3) is 5.91 Å². The van der Waals surface area contributed by atoms with Crippen molar-refractivity contribution in [2.45, 2.75) is 29.4 Å². The first kappa shape index (κ1) is 17.5. The molecule has 4 nitrogen and oxygen atoms in total. The van der Waals surface area contributed by atoms with Crippen LogP contribution in [0.3, 0.4) is 0 Å². The van der Waals surface area contributed by atoms with Crippen LogP contribution < -0.4 is 5.32 Å². The van der Waals surface area contributed by atoms with Crippen molar-refractivity contribution in [1.82, 2.24) is 4.98 Å². The smallest absolute Gasteiger partial charge is 0.256 e. The monoisotopic (exact) mass is 406 g/mol. The summed E-state index contributed by atoms with van der Waals surface area (Å²) < 4.78 is 5.80. The number of benzene rings is 2. The Bertz CT molecular complexity index is 1130. The number of thioether (sulfide) groups is 1. The van der Waals surface area contributed by atoms with Crippen LogP contribution in [0, 0.1) is 0 Å². The number of aromatic nitrogens is 1. The van der Waals surface area contributed by atoms with Gasteiger partial charge in [0.1, 0.15) is 5.52 Å². The van der Waals surface area contributed by atoms with Crippen LogP contribution in [0.4, 0.5) is 5.69 Å². The molecule has 1 aliphatic rings. The number of carbonyl (C=O) groups excluding carboxylic acids is 1. The molecule has 0 aliphatic heterocycles.